The molecule has 2 aliphatic rings. The van der Waals surface area contributed by atoms with Crippen molar-refractivity contribution in [3.05, 3.63) is 0 Å². The summed E-state index contributed by atoms with van der Waals surface area (Å²) in [5.41, 5.74) is 0. The Morgan fingerprint density at radius 1 is 1.38 bits per heavy atom. The van der Waals surface area contributed by atoms with Crippen molar-refractivity contribution in [3.63, 3.8) is 0 Å². The van der Waals surface area contributed by atoms with Crippen LogP contribution in [0.4, 0.5) is 0 Å². The Morgan fingerprint density at radius 2 is 2.00 bits per heavy atom. The fourth-order valence-corrected chi connectivity index (χ4v) is 2.63. The van der Waals surface area contributed by atoms with E-state index < -0.39 is 0 Å². The zero-order valence-electron chi connectivity index (χ0n) is 10.1. The zero-order chi connectivity index (χ0) is 11.7. The van der Waals surface area contributed by atoms with Gasteiger partial charge in [0.25, 0.3) is 0 Å². The molecule has 0 aromatic rings. The van der Waals surface area contributed by atoms with Crippen LogP contribution in [0, 0.1) is 35.0 Å². The lowest BCUT2D eigenvalue weighted by Gasteiger charge is -2.34. The molecule has 0 spiro atoms. The van der Waals surface area contributed by atoms with Gasteiger partial charge in [0.15, 0.2) is 0 Å². The van der Waals surface area contributed by atoms with Gasteiger partial charge in [-0.3, -0.25) is 4.79 Å². The Labute approximate surface area is 97.4 Å². The molecule has 0 N–H and O–H groups in total. The molecule has 2 rings (SSSR count). The molecule has 0 aromatic heterocycles. The van der Waals surface area contributed by atoms with E-state index in [1.54, 1.807) is 0 Å². The van der Waals surface area contributed by atoms with Crippen molar-refractivity contribution in [2.24, 2.45) is 23.7 Å². The number of likely N-dealkylation sites (tertiary alicyclic amines) is 1. The predicted octanol–water partition coefficient (Wildman–Crippen LogP) is 2.04. The van der Waals surface area contributed by atoms with Crippen molar-refractivity contribution >= 4 is 5.91 Å². The summed E-state index contributed by atoms with van der Waals surface area (Å²) in [6.45, 7) is 6.32. The molecule has 3 heteroatoms. The summed E-state index contributed by atoms with van der Waals surface area (Å²) in [5.74, 6) is 1.77. The van der Waals surface area contributed by atoms with Gasteiger partial charge >= 0.3 is 0 Å². The van der Waals surface area contributed by atoms with Crippen LogP contribution < -0.4 is 0 Å². The van der Waals surface area contributed by atoms with Crippen LogP contribution in [0.15, 0.2) is 0 Å². The fourth-order valence-electron chi connectivity index (χ4n) is 2.63. The van der Waals surface area contributed by atoms with E-state index in [4.69, 9.17) is 5.26 Å². The van der Waals surface area contributed by atoms with Crippen LogP contribution in [0.25, 0.3) is 0 Å². The van der Waals surface area contributed by atoms with E-state index in [9.17, 15) is 4.79 Å². The molecule has 1 amide bonds. The third-order valence-corrected chi connectivity index (χ3v) is 4.07. The summed E-state index contributed by atoms with van der Waals surface area (Å²) < 4.78 is 0. The Bertz CT molecular complexity index is 310. The van der Waals surface area contributed by atoms with Crippen LogP contribution in [0.3, 0.4) is 0 Å². The molecule has 1 aliphatic carbocycles. The molecule has 2 fully saturated rings. The third-order valence-electron chi connectivity index (χ3n) is 4.07. The van der Waals surface area contributed by atoms with E-state index in [0.29, 0.717) is 0 Å². The molecule has 3 nitrogen and oxygen atoms in total. The molecule has 1 aliphatic heterocycles. The minimum Gasteiger partial charge on any atom is -0.342 e. The largest absolute Gasteiger partial charge is 0.342 e. The highest BCUT2D eigenvalue weighted by Gasteiger charge is 2.45. The van der Waals surface area contributed by atoms with E-state index in [1.165, 1.54) is 0 Å². The van der Waals surface area contributed by atoms with Crippen LogP contribution in [-0.2, 0) is 4.79 Å². The van der Waals surface area contributed by atoms with Crippen LogP contribution in [-0.4, -0.2) is 23.9 Å². The summed E-state index contributed by atoms with van der Waals surface area (Å²) >= 11 is 0. The van der Waals surface area contributed by atoms with Gasteiger partial charge in [0.2, 0.25) is 5.91 Å². The highest BCUT2D eigenvalue weighted by molar-refractivity contribution is 5.82. The van der Waals surface area contributed by atoms with E-state index >= 15 is 0 Å². The lowest BCUT2D eigenvalue weighted by Crippen LogP contribution is -2.40. The zero-order valence-corrected chi connectivity index (χ0v) is 10.1. The van der Waals surface area contributed by atoms with Gasteiger partial charge in [0, 0.05) is 13.1 Å². The lowest BCUT2D eigenvalue weighted by molar-refractivity contribution is -0.134. The normalized spacial score (nSPS) is 30.2. The van der Waals surface area contributed by atoms with Gasteiger partial charge in [-0.2, -0.15) is 5.26 Å². The second kappa shape index (κ2) is 4.45. The molecule has 1 heterocycles. The maximum Gasteiger partial charge on any atom is 0.227 e. The van der Waals surface area contributed by atoms with Crippen LogP contribution in [0.2, 0.25) is 0 Å². The molecule has 0 aromatic carbocycles. The average molecular weight is 220 g/mol. The monoisotopic (exact) mass is 220 g/mol. The first-order valence-corrected chi connectivity index (χ1v) is 6.32. The Kier molecular flexibility index (Phi) is 3.18. The minimum absolute atomic E-state index is 0.00956. The van der Waals surface area contributed by atoms with Crippen LogP contribution in [0.5, 0.6) is 0 Å². The van der Waals surface area contributed by atoms with Gasteiger partial charge in [-0.15, -0.1) is 0 Å². The molecule has 88 valence electrons. The number of hydrogen-bond acceptors (Lipinski definition) is 2. The molecule has 1 saturated carbocycles. The summed E-state index contributed by atoms with van der Waals surface area (Å²) in [6, 6.07) is 2.19. The summed E-state index contributed by atoms with van der Waals surface area (Å²) in [4.78, 5) is 14.0. The van der Waals surface area contributed by atoms with Gasteiger partial charge in [0.05, 0.1) is 17.9 Å². The number of piperidine rings is 1. The first-order chi connectivity index (χ1) is 7.63. The molecule has 2 atom stereocenters. The highest BCUT2D eigenvalue weighted by atomic mass is 16.2. The van der Waals surface area contributed by atoms with Gasteiger partial charge in [-0.25, -0.2) is 0 Å². The standard InChI is InChI=1S/C13H20N2O/c1-9(2)10-3-5-15(6-4-10)13(16)12-7-11(12)8-14/h9-12H,3-7H2,1-2H3/t11-,12?/m0/s1. The predicted molar refractivity (Wildman–Crippen MR) is 61.4 cm³/mol. The third kappa shape index (κ3) is 2.21. The molecular formula is C13H20N2O. The lowest BCUT2D eigenvalue weighted by atomic mass is 9.86. The number of rotatable bonds is 2. The topological polar surface area (TPSA) is 44.1 Å². The summed E-state index contributed by atoms with van der Waals surface area (Å²) in [5, 5.41) is 8.72. The minimum atomic E-state index is 0.00956. The summed E-state index contributed by atoms with van der Waals surface area (Å²) in [6.07, 6.45) is 3.06. The van der Waals surface area contributed by atoms with Gasteiger partial charge in [0.1, 0.15) is 0 Å². The van der Waals surface area contributed by atoms with Crippen molar-refractivity contribution < 1.29 is 4.79 Å². The molecule has 1 unspecified atom stereocenters. The molecular weight excluding hydrogens is 200 g/mol. The van der Waals surface area contributed by atoms with E-state index in [-0.39, 0.29) is 17.7 Å². The van der Waals surface area contributed by atoms with Crippen molar-refractivity contribution in [1.29, 1.82) is 5.26 Å². The van der Waals surface area contributed by atoms with Crippen molar-refractivity contribution in [3.8, 4) is 6.07 Å². The van der Waals surface area contributed by atoms with Crippen molar-refractivity contribution in [1.82, 2.24) is 4.90 Å². The number of nitriles is 1. The smallest absolute Gasteiger partial charge is 0.227 e. The first kappa shape index (κ1) is 11.4. The van der Waals surface area contributed by atoms with Crippen LogP contribution in [0.1, 0.15) is 33.1 Å². The second-order valence-corrected chi connectivity index (χ2v) is 5.48. The Hall–Kier alpha value is -1.04. The fraction of sp³-hybridized carbons (Fsp3) is 0.846. The number of nitrogens with zero attached hydrogens (tertiary/aromatic N) is 2. The second-order valence-electron chi connectivity index (χ2n) is 5.48. The molecule has 1 saturated heterocycles. The Balaban J connectivity index is 1.81. The molecule has 0 bridgehead atoms. The van der Waals surface area contributed by atoms with Gasteiger partial charge in [-0.1, -0.05) is 13.8 Å². The van der Waals surface area contributed by atoms with Gasteiger partial charge in [-0.05, 0) is 31.1 Å². The number of hydrogen-bond donors (Lipinski definition) is 0. The maximum atomic E-state index is 12.0. The average Bonchev–Trinajstić information content (AvgIpc) is 3.07. The Morgan fingerprint density at radius 3 is 2.44 bits per heavy atom. The van der Waals surface area contributed by atoms with Gasteiger partial charge < -0.3 is 4.90 Å². The highest BCUT2D eigenvalue weighted by Crippen LogP contribution is 2.40. The first-order valence-electron chi connectivity index (χ1n) is 6.32. The number of carbonyl (C=O) groups is 1. The maximum absolute atomic E-state index is 12.0. The quantitative estimate of drug-likeness (QED) is 0.714. The summed E-state index contributed by atoms with van der Waals surface area (Å²) in [7, 11) is 0. The number of amides is 1. The molecule has 16 heavy (non-hydrogen) atoms. The van der Waals surface area contributed by atoms with Crippen molar-refractivity contribution in [2.45, 2.75) is 33.1 Å². The number of carbonyl (C=O) groups excluding carboxylic acids is 1. The SMILES string of the molecule is CC(C)C1CCN(C(=O)C2C[C@H]2C#N)CC1. The van der Waals surface area contributed by atoms with Crippen LogP contribution >= 0.6 is 0 Å². The van der Waals surface area contributed by atoms with E-state index in [2.05, 4.69) is 19.9 Å². The van der Waals surface area contributed by atoms with Crippen molar-refractivity contribution in [2.75, 3.05) is 13.1 Å². The van der Waals surface area contributed by atoms with E-state index in [0.717, 1.165) is 44.2 Å². The molecule has 0 radical (unpaired) electrons. The van der Waals surface area contributed by atoms with E-state index in [1.807, 2.05) is 4.90 Å².